The smallest absolute Gasteiger partial charge is 0.251 e. The molecule has 0 saturated carbocycles. The molecule has 0 radical (unpaired) electrons. The minimum absolute atomic E-state index is 0. The molecule has 1 amide bonds. The highest BCUT2D eigenvalue weighted by Crippen LogP contribution is 2.17. The van der Waals surface area contributed by atoms with E-state index in [4.69, 9.17) is 4.74 Å². The number of guanidine groups is 1. The molecule has 3 aliphatic heterocycles. The topological polar surface area (TPSA) is 63.7 Å². The number of carbonyl (C=O) groups excluding carboxylic acids is 1. The van der Waals surface area contributed by atoms with Crippen LogP contribution in [0.25, 0.3) is 0 Å². The maximum atomic E-state index is 12.6. The van der Waals surface area contributed by atoms with Gasteiger partial charge in [-0.15, -0.1) is 24.0 Å². The lowest BCUT2D eigenvalue weighted by Crippen LogP contribution is -2.57. The number of aliphatic imine (C=N–C) groups is 1. The Morgan fingerprint density at radius 3 is 2.33 bits per heavy atom. The number of halogens is 1. The van der Waals surface area contributed by atoms with Crippen molar-refractivity contribution in [2.24, 2.45) is 4.99 Å². The highest BCUT2D eigenvalue weighted by molar-refractivity contribution is 14.0. The molecule has 3 aliphatic rings. The predicted molar refractivity (Wildman–Crippen MR) is 144 cm³/mol. The number of piperazine rings is 2. The lowest BCUT2D eigenvalue weighted by atomic mass is 10.2. The fourth-order valence-corrected chi connectivity index (χ4v) is 4.87. The molecule has 0 spiro atoms. The molecule has 0 aromatic heterocycles. The average molecular weight is 571 g/mol. The van der Waals surface area contributed by atoms with Crippen LogP contribution < -0.4 is 10.2 Å². The summed E-state index contributed by atoms with van der Waals surface area (Å²) < 4.78 is 5.57. The number of nitrogens with zero attached hydrogens (tertiary/aromatic N) is 5. The van der Waals surface area contributed by atoms with Gasteiger partial charge in [-0.3, -0.25) is 14.7 Å². The van der Waals surface area contributed by atoms with Gasteiger partial charge in [0.2, 0.25) is 0 Å². The number of nitrogens with one attached hydrogen (secondary N) is 1. The molecule has 9 heteroatoms. The van der Waals surface area contributed by atoms with Gasteiger partial charge in [0.1, 0.15) is 6.10 Å². The summed E-state index contributed by atoms with van der Waals surface area (Å²) in [7, 11) is 1.84. The Bertz CT molecular complexity index is 757. The maximum Gasteiger partial charge on any atom is 0.251 e. The Labute approximate surface area is 215 Å². The number of ether oxygens (including phenoxy) is 1. The minimum atomic E-state index is -0.220. The third-order valence-electron chi connectivity index (χ3n) is 6.92. The lowest BCUT2D eigenvalue weighted by Gasteiger charge is -2.40. The molecule has 3 heterocycles. The van der Waals surface area contributed by atoms with E-state index in [1.54, 1.807) is 0 Å². The van der Waals surface area contributed by atoms with Gasteiger partial charge in [0.25, 0.3) is 5.91 Å². The molecule has 184 valence electrons. The van der Waals surface area contributed by atoms with Crippen LogP contribution in [0.15, 0.2) is 35.3 Å². The van der Waals surface area contributed by atoms with Crippen molar-refractivity contribution < 1.29 is 9.53 Å². The Balaban J connectivity index is 0.00000306. The minimum Gasteiger partial charge on any atom is -0.369 e. The summed E-state index contributed by atoms with van der Waals surface area (Å²) in [5, 5.41) is 3.57. The van der Waals surface area contributed by atoms with Gasteiger partial charge in [-0.1, -0.05) is 18.2 Å². The number of hydrogen-bond donors (Lipinski definition) is 1. The van der Waals surface area contributed by atoms with Gasteiger partial charge in [-0.2, -0.15) is 0 Å². The number of anilines is 1. The van der Waals surface area contributed by atoms with Crippen LogP contribution >= 0.6 is 24.0 Å². The van der Waals surface area contributed by atoms with Crippen LogP contribution in [0.1, 0.15) is 19.8 Å². The highest BCUT2D eigenvalue weighted by atomic mass is 127. The monoisotopic (exact) mass is 570 g/mol. The number of hydrogen-bond acceptors (Lipinski definition) is 5. The summed E-state index contributed by atoms with van der Waals surface area (Å²) in [6.45, 7) is 11.2. The molecule has 3 fully saturated rings. The fourth-order valence-electron chi connectivity index (χ4n) is 4.87. The van der Waals surface area contributed by atoms with Gasteiger partial charge in [0.15, 0.2) is 5.96 Å². The third-order valence-corrected chi connectivity index (χ3v) is 6.92. The molecule has 33 heavy (non-hydrogen) atoms. The largest absolute Gasteiger partial charge is 0.369 e. The quantitative estimate of drug-likeness (QED) is 0.331. The van der Waals surface area contributed by atoms with Crippen LogP contribution in [0.4, 0.5) is 5.69 Å². The van der Waals surface area contributed by atoms with Crippen molar-refractivity contribution in [1.29, 1.82) is 0 Å². The van der Waals surface area contributed by atoms with E-state index in [1.165, 1.54) is 5.69 Å². The Morgan fingerprint density at radius 1 is 1.06 bits per heavy atom. The Morgan fingerprint density at radius 2 is 1.73 bits per heavy atom. The first-order valence-corrected chi connectivity index (χ1v) is 12.1. The molecule has 3 saturated heterocycles. The Kier molecular flexibility index (Phi) is 10.1. The summed E-state index contributed by atoms with van der Waals surface area (Å²) >= 11 is 0. The summed E-state index contributed by atoms with van der Waals surface area (Å²) in [6, 6.07) is 11.1. The first-order chi connectivity index (χ1) is 15.7. The molecular formula is C24H39IN6O2. The van der Waals surface area contributed by atoms with Gasteiger partial charge in [0, 0.05) is 84.3 Å². The Hall–Kier alpha value is -1.59. The van der Waals surface area contributed by atoms with Gasteiger partial charge >= 0.3 is 0 Å². The lowest BCUT2D eigenvalue weighted by molar-refractivity contribution is -0.142. The average Bonchev–Trinajstić information content (AvgIpc) is 3.40. The first-order valence-electron chi connectivity index (χ1n) is 12.1. The third kappa shape index (κ3) is 6.73. The van der Waals surface area contributed by atoms with Crippen LogP contribution in [-0.2, 0) is 9.53 Å². The number of para-hydroxylation sites is 1. The van der Waals surface area contributed by atoms with Crippen LogP contribution in [0.3, 0.4) is 0 Å². The SMILES string of the molecule is CN=C(NCC(C)N1CCN(c2ccccc2)CC1)N1CCN(C(=O)C2CCCO2)CC1.I. The van der Waals surface area contributed by atoms with E-state index in [-0.39, 0.29) is 36.0 Å². The highest BCUT2D eigenvalue weighted by Gasteiger charge is 2.31. The molecule has 1 N–H and O–H groups in total. The summed E-state index contributed by atoms with van der Waals surface area (Å²) in [4.78, 5) is 26.3. The molecule has 2 unspecified atom stereocenters. The fraction of sp³-hybridized carbons (Fsp3) is 0.667. The van der Waals surface area contributed by atoms with E-state index >= 15 is 0 Å². The summed E-state index contributed by atoms with van der Waals surface area (Å²) in [5.41, 5.74) is 1.32. The zero-order valence-electron chi connectivity index (χ0n) is 20.0. The van der Waals surface area contributed by atoms with Crippen molar-refractivity contribution in [2.45, 2.75) is 31.9 Å². The number of amides is 1. The molecule has 0 aliphatic carbocycles. The van der Waals surface area contributed by atoms with Gasteiger partial charge in [-0.25, -0.2) is 0 Å². The van der Waals surface area contributed by atoms with Crippen molar-refractivity contribution in [3.8, 4) is 0 Å². The number of benzene rings is 1. The second kappa shape index (κ2) is 12.8. The molecular weight excluding hydrogens is 531 g/mol. The van der Waals surface area contributed by atoms with E-state index in [9.17, 15) is 4.79 Å². The van der Waals surface area contributed by atoms with Crippen LogP contribution in [-0.4, -0.2) is 111 Å². The van der Waals surface area contributed by atoms with Crippen LogP contribution in [0, 0.1) is 0 Å². The van der Waals surface area contributed by atoms with Gasteiger partial charge < -0.3 is 24.8 Å². The summed E-state index contributed by atoms with van der Waals surface area (Å²) in [6.07, 6.45) is 1.63. The molecule has 1 aromatic rings. The van der Waals surface area contributed by atoms with E-state index in [1.807, 2.05) is 11.9 Å². The standard InChI is InChI=1S/C24H38N6O2.HI/c1-20(27-10-12-28(13-11-27)21-7-4-3-5-8-21)19-26-24(25-2)30-16-14-29(15-17-30)23(31)22-9-6-18-32-22;/h3-5,7-8,20,22H,6,9-19H2,1-2H3,(H,25,26);1H. The van der Waals surface area contributed by atoms with E-state index in [2.05, 4.69) is 62.3 Å². The maximum absolute atomic E-state index is 12.6. The first kappa shape index (κ1) is 26.0. The van der Waals surface area contributed by atoms with Crippen molar-refractivity contribution in [1.82, 2.24) is 20.0 Å². The molecule has 4 rings (SSSR count). The normalized spacial score (nSPS) is 23.3. The zero-order chi connectivity index (χ0) is 22.3. The second-order valence-corrected chi connectivity index (χ2v) is 8.95. The van der Waals surface area contributed by atoms with Crippen LogP contribution in [0.5, 0.6) is 0 Å². The number of carbonyl (C=O) groups is 1. The van der Waals surface area contributed by atoms with E-state index in [0.717, 1.165) is 77.7 Å². The van der Waals surface area contributed by atoms with Crippen LogP contribution in [0.2, 0.25) is 0 Å². The van der Waals surface area contributed by atoms with Crippen molar-refractivity contribution >= 4 is 41.5 Å². The van der Waals surface area contributed by atoms with E-state index in [0.29, 0.717) is 12.6 Å². The molecule has 2 atom stereocenters. The van der Waals surface area contributed by atoms with E-state index < -0.39 is 0 Å². The number of rotatable bonds is 5. The van der Waals surface area contributed by atoms with Gasteiger partial charge in [0.05, 0.1) is 0 Å². The van der Waals surface area contributed by atoms with Gasteiger partial charge in [-0.05, 0) is 31.9 Å². The van der Waals surface area contributed by atoms with Crippen molar-refractivity contribution in [3.05, 3.63) is 30.3 Å². The molecule has 1 aromatic carbocycles. The zero-order valence-corrected chi connectivity index (χ0v) is 22.3. The van der Waals surface area contributed by atoms with Crippen molar-refractivity contribution in [2.75, 3.05) is 77.5 Å². The predicted octanol–water partition coefficient (Wildman–Crippen LogP) is 1.71. The molecule has 0 bridgehead atoms. The second-order valence-electron chi connectivity index (χ2n) is 8.95. The summed E-state index contributed by atoms with van der Waals surface area (Å²) in [5.74, 6) is 1.09. The van der Waals surface area contributed by atoms with Crippen molar-refractivity contribution in [3.63, 3.8) is 0 Å². The molecule has 8 nitrogen and oxygen atoms in total.